The second kappa shape index (κ2) is 6.18. The highest BCUT2D eigenvalue weighted by Gasteiger charge is 2.30. The van der Waals surface area contributed by atoms with Crippen LogP contribution in [-0.2, 0) is 9.53 Å². The zero-order valence-electron chi connectivity index (χ0n) is 11.5. The lowest BCUT2D eigenvalue weighted by Crippen LogP contribution is -2.48. The van der Waals surface area contributed by atoms with Gasteiger partial charge in [0.25, 0.3) is 0 Å². The van der Waals surface area contributed by atoms with Gasteiger partial charge in [-0.2, -0.15) is 0 Å². The van der Waals surface area contributed by atoms with E-state index in [9.17, 15) is 14.4 Å². The molecule has 6 heteroatoms. The number of aliphatic carboxylic acids is 1. The van der Waals surface area contributed by atoms with E-state index in [0.717, 1.165) is 0 Å². The molecule has 1 rings (SSSR count). The van der Waals surface area contributed by atoms with E-state index in [-0.39, 0.29) is 5.56 Å². The summed E-state index contributed by atoms with van der Waals surface area (Å²) in [5.41, 5.74) is -0.570. The number of hydrogen-bond donors (Lipinski definition) is 2. The van der Waals surface area contributed by atoms with Crippen molar-refractivity contribution in [1.29, 1.82) is 0 Å². The van der Waals surface area contributed by atoms with E-state index in [1.807, 2.05) is 0 Å². The second-order valence-electron chi connectivity index (χ2n) is 5.15. The predicted molar refractivity (Wildman–Crippen MR) is 71.6 cm³/mol. The number of ether oxygens (including phenoxy) is 1. The van der Waals surface area contributed by atoms with Gasteiger partial charge in [-0.1, -0.05) is 30.3 Å². The minimum Gasteiger partial charge on any atom is -0.479 e. The first-order chi connectivity index (χ1) is 9.20. The first-order valence-corrected chi connectivity index (χ1v) is 6.02. The quantitative estimate of drug-likeness (QED) is 0.648. The first kappa shape index (κ1) is 15.7. The van der Waals surface area contributed by atoms with Crippen LogP contribution in [0.3, 0.4) is 0 Å². The topological polar surface area (TPSA) is 92.7 Å². The number of amides is 1. The number of carbonyl (C=O) groups is 3. The number of alkyl carbamates (subject to hydrolysis) is 1. The average Bonchev–Trinajstić information content (AvgIpc) is 2.34. The number of rotatable bonds is 4. The van der Waals surface area contributed by atoms with Crippen LogP contribution in [0.4, 0.5) is 4.79 Å². The molecule has 1 aromatic carbocycles. The lowest BCUT2D eigenvalue weighted by Gasteiger charge is -2.21. The number of benzene rings is 1. The van der Waals surface area contributed by atoms with Gasteiger partial charge in [-0.05, 0) is 20.8 Å². The molecule has 1 unspecified atom stereocenters. The Morgan fingerprint density at radius 3 is 2.15 bits per heavy atom. The van der Waals surface area contributed by atoms with Gasteiger partial charge >= 0.3 is 12.1 Å². The third-order valence-corrected chi connectivity index (χ3v) is 2.23. The van der Waals surface area contributed by atoms with Crippen molar-refractivity contribution in [3.8, 4) is 0 Å². The molecule has 6 nitrogen and oxygen atoms in total. The SMILES string of the molecule is CC(C)(C)OC(=O)NC(C(=O)O)C(=O)c1ccccc1. The molecule has 1 amide bonds. The number of Topliss-reactive ketones (excluding diaryl/α,β-unsaturated/α-hetero) is 1. The number of carboxylic acids is 1. The lowest BCUT2D eigenvalue weighted by atomic mass is 10.0. The Labute approximate surface area is 116 Å². The van der Waals surface area contributed by atoms with Gasteiger partial charge in [0, 0.05) is 5.56 Å². The summed E-state index contributed by atoms with van der Waals surface area (Å²) in [6, 6.07) is 6.21. The van der Waals surface area contributed by atoms with E-state index in [0.29, 0.717) is 0 Å². The second-order valence-corrected chi connectivity index (χ2v) is 5.15. The summed E-state index contributed by atoms with van der Waals surface area (Å²) in [6.07, 6.45) is -0.950. The summed E-state index contributed by atoms with van der Waals surface area (Å²) in [5.74, 6) is -2.14. The van der Waals surface area contributed by atoms with Crippen molar-refractivity contribution in [2.75, 3.05) is 0 Å². The minimum atomic E-state index is -1.67. The van der Waals surface area contributed by atoms with Crippen LogP contribution in [-0.4, -0.2) is 34.6 Å². The number of hydrogen-bond acceptors (Lipinski definition) is 4. The molecule has 1 atom stereocenters. The number of carboxylic acid groups (broad SMARTS) is 1. The van der Waals surface area contributed by atoms with Crippen LogP contribution in [0, 0.1) is 0 Å². The van der Waals surface area contributed by atoms with Crippen molar-refractivity contribution in [3.05, 3.63) is 35.9 Å². The standard InChI is InChI=1S/C14H17NO5/c1-14(2,3)20-13(19)15-10(12(17)18)11(16)9-7-5-4-6-8-9/h4-8,10H,1-3H3,(H,15,19)(H,17,18). The molecule has 0 aliphatic rings. The Bertz CT molecular complexity index is 504. The maximum Gasteiger partial charge on any atom is 0.408 e. The fraction of sp³-hybridized carbons (Fsp3) is 0.357. The van der Waals surface area contributed by atoms with Crippen LogP contribution in [0.15, 0.2) is 30.3 Å². The van der Waals surface area contributed by atoms with Crippen LogP contribution >= 0.6 is 0 Å². The summed E-state index contributed by atoms with van der Waals surface area (Å²) in [6.45, 7) is 4.92. The summed E-state index contributed by atoms with van der Waals surface area (Å²) >= 11 is 0. The predicted octanol–water partition coefficient (Wildman–Crippen LogP) is 1.85. The van der Waals surface area contributed by atoms with Crippen LogP contribution in [0.2, 0.25) is 0 Å². The molecule has 0 heterocycles. The lowest BCUT2D eigenvalue weighted by molar-refractivity contribution is -0.138. The zero-order chi connectivity index (χ0) is 15.3. The molecule has 0 bridgehead atoms. The normalized spacial score (nSPS) is 12.3. The molecule has 0 fully saturated rings. The van der Waals surface area contributed by atoms with E-state index in [4.69, 9.17) is 9.84 Å². The minimum absolute atomic E-state index is 0.205. The highest BCUT2D eigenvalue weighted by Crippen LogP contribution is 2.08. The van der Waals surface area contributed by atoms with Gasteiger partial charge in [0.1, 0.15) is 5.60 Å². The highest BCUT2D eigenvalue weighted by molar-refractivity contribution is 6.12. The van der Waals surface area contributed by atoms with E-state index in [1.165, 1.54) is 12.1 Å². The van der Waals surface area contributed by atoms with Crippen LogP contribution in [0.25, 0.3) is 0 Å². The highest BCUT2D eigenvalue weighted by atomic mass is 16.6. The van der Waals surface area contributed by atoms with Crippen LogP contribution in [0.1, 0.15) is 31.1 Å². The van der Waals surface area contributed by atoms with Gasteiger partial charge in [-0.3, -0.25) is 4.79 Å². The molecular formula is C14H17NO5. The third-order valence-electron chi connectivity index (χ3n) is 2.23. The Morgan fingerprint density at radius 2 is 1.70 bits per heavy atom. The van der Waals surface area contributed by atoms with E-state index in [1.54, 1.807) is 39.0 Å². The largest absolute Gasteiger partial charge is 0.479 e. The number of ketones is 1. The van der Waals surface area contributed by atoms with Crippen molar-refractivity contribution in [1.82, 2.24) is 5.32 Å². The van der Waals surface area contributed by atoms with Crippen LogP contribution < -0.4 is 5.32 Å². The van der Waals surface area contributed by atoms with E-state index >= 15 is 0 Å². The molecule has 0 saturated heterocycles. The maximum atomic E-state index is 12.0. The molecule has 0 aliphatic carbocycles. The van der Waals surface area contributed by atoms with Gasteiger partial charge in [0.2, 0.25) is 0 Å². The summed E-state index contributed by atoms with van der Waals surface area (Å²) in [7, 11) is 0. The Morgan fingerprint density at radius 1 is 1.15 bits per heavy atom. The molecular weight excluding hydrogens is 262 g/mol. The molecule has 0 saturated carbocycles. The summed E-state index contributed by atoms with van der Waals surface area (Å²) < 4.78 is 4.94. The summed E-state index contributed by atoms with van der Waals surface area (Å²) in [4.78, 5) is 34.7. The average molecular weight is 279 g/mol. The Kier molecular flexibility index (Phi) is 4.85. The molecule has 108 valence electrons. The molecule has 0 spiro atoms. The molecule has 0 aliphatic heterocycles. The molecule has 0 radical (unpaired) electrons. The van der Waals surface area contributed by atoms with Crippen molar-refractivity contribution in [2.24, 2.45) is 0 Å². The molecule has 1 aromatic rings. The smallest absolute Gasteiger partial charge is 0.408 e. The van der Waals surface area contributed by atoms with E-state index in [2.05, 4.69) is 5.32 Å². The van der Waals surface area contributed by atoms with Crippen molar-refractivity contribution in [3.63, 3.8) is 0 Å². The molecule has 2 N–H and O–H groups in total. The van der Waals surface area contributed by atoms with Crippen molar-refractivity contribution >= 4 is 17.8 Å². The van der Waals surface area contributed by atoms with E-state index < -0.39 is 29.5 Å². The van der Waals surface area contributed by atoms with Crippen molar-refractivity contribution < 1.29 is 24.2 Å². The van der Waals surface area contributed by atoms with Gasteiger partial charge in [-0.25, -0.2) is 9.59 Å². The fourth-order valence-electron chi connectivity index (χ4n) is 1.43. The number of carbonyl (C=O) groups excluding carboxylic acids is 2. The van der Waals surface area contributed by atoms with Gasteiger partial charge < -0.3 is 15.2 Å². The molecule has 0 aromatic heterocycles. The van der Waals surface area contributed by atoms with Crippen molar-refractivity contribution in [2.45, 2.75) is 32.4 Å². The first-order valence-electron chi connectivity index (χ1n) is 6.02. The maximum absolute atomic E-state index is 12.0. The Hall–Kier alpha value is -2.37. The third kappa shape index (κ3) is 4.72. The fourth-order valence-corrected chi connectivity index (χ4v) is 1.43. The molecule has 20 heavy (non-hydrogen) atoms. The zero-order valence-corrected chi connectivity index (χ0v) is 11.5. The Balaban J connectivity index is 2.83. The van der Waals surface area contributed by atoms with Crippen LogP contribution in [0.5, 0.6) is 0 Å². The van der Waals surface area contributed by atoms with Gasteiger partial charge in [0.15, 0.2) is 11.8 Å². The van der Waals surface area contributed by atoms with Gasteiger partial charge in [-0.15, -0.1) is 0 Å². The summed E-state index contributed by atoms with van der Waals surface area (Å²) in [5, 5.41) is 11.1. The monoisotopic (exact) mass is 279 g/mol. The number of nitrogens with one attached hydrogen (secondary N) is 1. The van der Waals surface area contributed by atoms with Gasteiger partial charge in [0.05, 0.1) is 0 Å².